The van der Waals surface area contributed by atoms with Crippen molar-refractivity contribution in [3.8, 4) is 0 Å². The van der Waals surface area contributed by atoms with E-state index in [4.69, 9.17) is 23.2 Å². The average molecular weight is 301 g/mol. The van der Waals surface area contributed by atoms with Crippen molar-refractivity contribution in [2.45, 2.75) is 26.3 Å². The maximum atomic E-state index is 6.26. The van der Waals surface area contributed by atoms with E-state index in [1.54, 1.807) is 0 Å². The summed E-state index contributed by atoms with van der Waals surface area (Å²) < 4.78 is 0. The van der Waals surface area contributed by atoms with Crippen molar-refractivity contribution < 1.29 is 0 Å². The van der Waals surface area contributed by atoms with Crippen LogP contribution in [0.2, 0.25) is 10.0 Å². The Morgan fingerprint density at radius 1 is 1.37 bits per heavy atom. The molecule has 0 bridgehead atoms. The van der Waals surface area contributed by atoms with Crippen LogP contribution in [0, 0.1) is 5.92 Å². The Morgan fingerprint density at radius 3 is 3.00 bits per heavy atom. The maximum Gasteiger partial charge on any atom is 0.0637 e. The second-order valence-electron chi connectivity index (χ2n) is 5.26. The van der Waals surface area contributed by atoms with E-state index < -0.39 is 0 Å². The Hall–Kier alpha value is -0.280. The molecule has 0 spiro atoms. The normalized spacial score (nSPS) is 20.7. The van der Waals surface area contributed by atoms with E-state index in [9.17, 15) is 0 Å². The van der Waals surface area contributed by atoms with Crippen molar-refractivity contribution >= 4 is 23.2 Å². The van der Waals surface area contributed by atoms with Crippen molar-refractivity contribution in [3.05, 3.63) is 33.8 Å². The summed E-state index contributed by atoms with van der Waals surface area (Å²) in [6.07, 6.45) is 2.60. The third-order valence-corrected chi connectivity index (χ3v) is 4.57. The summed E-state index contributed by atoms with van der Waals surface area (Å²) in [6, 6.07) is 5.89. The summed E-state index contributed by atoms with van der Waals surface area (Å²) in [4.78, 5) is 2.49. The minimum atomic E-state index is 0.653. The zero-order chi connectivity index (χ0) is 13.7. The van der Waals surface area contributed by atoms with Gasteiger partial charge in [-0.3, -0.25) is 4.90 Å². The topological polar surface area (TPSA) is 15.3 Å². The zero-order valence-corrected chi connectivity index (χ0v) is 13.0. The van der Waals surface area contributed by atoms with Crippen LogP contribution >= 0.6 is 23.2 Å². The van der Waals surface area contributed by atoms with E-state index in [0.29, 0.717) is 10.0 Å². The molecule has 1 aliphatic heterocycles. The summed E-state index contributed by atoms with van der Waals surface area (Å²) in [6.45, 7) is 7.54. The summed E-state index contributed by atoms with van der Waals surface area (Å²) in [5, 5.41) is 4.81. The third-order valence-electron chi connectivity index (χ3n) is 3.71. The second-order valence-corrected chi connectivity index (χ2v) is 6.05. The van der Waals surface area contributed by atoms with Crippen molar-refractivity contribution in [1.82, 2.24) is 10.2 Å². The molecule has 1 saturated heterocycles. The summed E-state index contributed by atoms with van der Waals surface area (Å²) in [5.74, 6) is 0.756. The standard InChI is InChI=1S/C15H22Cl2N2/c1-2-18-9-12-5-4-8-19(10-12)11-13-6-3-7-14(16)15(13)17/h3,6-7,12,18H,2,4-5,8-11H2,1H3. The molecule has 1 heterocycles. The second kappa shape index (κ2) is 7.49. The average Bonchev–Trinajstić information content (AvgIpc) is 2.42. The van der Waals surface area contributed by atoms with E-state index in [0.717, 1.165) is 44.2 Å². The lowest BCUT2D eigenvalue weighted by atomic mass is 9.97. The minimum Gasteiger partial charge on any atom is -0.317 e. The van der Waals surface area contributed by atoms with Gasteiger partial charge in [0.1, 0.15) is 0 Å². The predicted molar refractivity (Wildman–Crippen MR) is 83.0 cm³/mol. The third kappa shape index (κ3) is 4.35. The van der Waals surface area contributed by atoms with Gasteiger partial charge >= 0.3 is 0 Å². The van der Waals surface area contributed by atoms with E-state index in [1.807, 2.05) is 12.1 Å². The highest BCUT2D eigenvalue weighted by molar-refractivity contribution is 6.42. The minimum absolute atomic E-state index is 0.653. The molecule has 2 rings (SSSR count). The van der Waals surface area contributed by atoms with E-state index >= 15 is 0 Å². The Kier molecular flexibility index (Phi) is 5.96. The summed E-state index contributed by atoms with van der Waals surface area (Å²) >= 11 is 12.3. The molecule has 2 nitrogen and oxygen atoms in total. The largest absolute Gasteiger partial charge is 0.317 e. The number of benzene rings is 1. The van der Waals surface area contributed by atoms with Crippen molar-refractivity contribution in [2.24, 2.45) is 5.92 Å². The Bertz CT molecular complexity index is 409. The number of hydrogen-bond acceptors (Lipinski definition) is 2. The molecule has 0 aliphatic carbocycles. The molecule has 1 fully saturated rings. The smallest absolute Gasteiger partial charge is 0.0637 e. The molecule has 106 valence electrons. The Morgan fingerprint density at radius 2 is 2.21 bits per heavy atom. The molecule has 0 amide bonds. The molecule has 1 aliphatic rings. The quantitative estimate of drug-likeness (QED) is 0.889. The summed E-state index contributed by atoms with van der Waals surface area (Å²) in [5.41, 5.74) is 1.14. The highest BCUT2D eigenvalue weighted by atomic mass is 35.5. The van der Waals surface area contributed by atoms with E-state index in [-0.39, 0.29) is 0 Å². The van der Waals surface area contributed by atoms with Crippen molar-refractivity contribution in [1.29, 1.82) is 0 Å². The van der Waals surface area contributed by atoms with Crippen LogP contribution in [0.1, 0.15) is 25.3 Å². The first kappa shape index (κ1) is 15.1. The van der Waals surface area contributed by atoms with Gasteiger partial charge in [0.25, 0.3) is 0 Å². The van der Waals surface area contributed by atoms with Crippen LogP contribution in [0.25, 0.3) is 0 Å². The number of hydrogen-bond donors (Lipinski definition) is 1. The van der Waals surface area contributed by atoms with Crippen LogP contribution in [0.5, 0.6) is 0 Å². The van der Waals surface area contributed by atoms with Crippen molar-refractivity contribution in [3.63, 3.8) is 0 Å². The van der Waals surface area contributed by atoms with Gasteiger partial charge in [0.15, 0.2) is 0 Å². The van der Waals surface area contributed by atoms with Crippen LogP contribution < -0.4 is 5.32 Å². The fourth-order valence-electron chi connectivity index (χ4n) is 2.72. The molecule has 1 atom stereocenters. The lowest BCUT2D eigenvalue weighted by molar-refractivity contribution is 0.166. The first-order valence-corrected chi connectivity index (χ1v) is 7.82. The van der Waals surface area contributed by atoms with Crippen LogP contribution in [0.3, 0.4) is 0 Å². The molecular weight excluding hydrogens is 279 g/mol. The molecule has 4 heteroatoms. The number of rotatable bonds is 5. The van der Waals surface area contributed by atoms with Gasteiger partial charge in [-0.05, 0) is 50.0 Å². The number of nitrogens with one attached hydrogen (secondary N) is 1. The van der Waals surface area contributed by atoms with Crippen molar-refractivity contribution in [2.75, 3.05) is 26.2 Å². The SMILES string of the molecule is CCNCC1CCCN(Cc2cccc(Cl)c2Cl)C1. The maximum absolute atomic E-state index is 6.26. The van der Waals surface area contributed by atoms with Gasteiger partial charge in [-0.1, -0.05) is 42.3 Å². The number of piperidine rings is 1. The van der Waals surface area contributed by atoms with Gasteiger partial charge in [-0.15, -0.1) is 0 Å². The highest BCUT2D eigenvalue weighted by Gasteiger charge is 2.20. The molecule has 19 heavy (non-hydrogen) atoms. The Balaban J connectivity index is 1.93. The number of halogens is 2. The summed E-state index contributed by atoms with van der Waals surface area (Å²) in [7, 11) is 0. The fourth-order valence-corrected chi connectivity index (χ4v) is 3.10. The van der Waals surface area contributed by atoms with E-state index in [2.05, 4.69) is 23.2 Å². The first-order valence-electron chi connectivity index (χ1n) is 7.06. The van der Waals surface area contributed by atoms with E-state index in [1.165, 1.54) is 12.8 Å². The number of nitrogens with zero attached hydrogens (tertiary/aromatic N) is 1. The van der Waals surface area contributed by atoms with Gasteiger partial charge in [0.05, 0.1) is 10.0 Å². The van der Waals surface area contributed by atoms with Crippen LogP contribution in [-0.4, -0.2) is 31.1 Å². The monoisotopic (exact) mass is 300 g/mol. The first-order chi connectivity index (χ1) is 9.20. The lowest BCUT2D eigenvalue weighted by Gasteiger charge is -2.33. The molecule has 0 radical (unpaired) electrons. The van der Waals surface area contributed by atoms with Crippen LogP contribution in [-0.2, 0) is 6.54 Å². The van der Waals surface area contributed by atoms with Crippen LogP contribution in [0.4, 0.5) is 0 Å². The highest BCUT2D eigenvalue weighted by Crippen LogP contribution is 2.27. The molecule has 1 N–H and O–H groups in total. The fraction of sp³-hybridized carbons (Fsp3) is 0.600. The van der Waals surface area contributed by atoms with Gasteiger partial charge < -0.3 is 5.32 Å². The Labute approximate surface area is 126 Å². The molecule has 0 saturated carbocycles. The molecular formula is C15H22Cl2N2. The van der Waals surface area contributed by atoms with Gasteiger partial charge in [-0.25, -0.2) is 0 Å². The molecule has 1 aromatic carbocycles. The number of likely N-dealkylation sites (tertiary alicyclic amines) is 1. The molecule has 0 aromatic heterocycles. The van der Waals surface area contributed by atoms with Crippen LogP contribution in [0.15, 0.2) is 18.2 Å². The van der Waals surface area contributed by atoms with Gasteiger partial charge in [0, 0.05) is 13.1 Å². The van der Waals surface area contributed by atoms with Gasteiger partial charge in [-0.2, -0.15) is 0 Å². The molecule has 1 unspecified atom stereocenters. The predicted octanol–water partition coefficient (Wildman–Crippen LogP) is 3.81. The zero-order valence-electron chi connectivity index (χ0n) is 11.5. The lowest BCUT2D eigenvalue weighted by Crippen LogP contribution is -2.39. The molecule has 1 aromatic rings. The van der Waals surface area contributed by atoms with Gasteiger partial charge in [0.2, 0.25) is 0 Å².